The molecular weight excluding hydrogens is 264 g/mol. The Morgan fingerprint density at radius 2 is 2.21 bits per heavy atom. The lowest BCUT2D eigenvalue weighted by Crippen LogP contribution is -2.54. The van der Waals surface area contributed by atoms with Crippen LogP contribution >= 0.6 is 11.8 Å². The molecule has 1 amide bonds. The van der Waals surface area contributed by atoms with E-state index in [1.165, 1.54) is 0 Å². The number of nitrogens with two attached hydrogens (primary N) is 1. The number of rotatable bonds is 3. The summed E-state index contributed by atoms with van der Waals surface area (Å²) in [5.41, 5.74) is 5.50. The molecule has 3 N–H and O–H groups in total. The van der Waals surface area contributed by atoms with Crippen LogP contribution in [0.25, 0.3) is 0 Å². The minimum absolute atomic E-state index is 0.0294. The fourth-order valence-corrected chi connectivity index (χ4v) is 4.44. The zero-order valence-electron chi connectivity index (χ0n) is 11.5. The van der Waals surface area contributed by atoms with E-state index in [1.54, 1.807) is 16.7 Å². The van der Waals surface area contributed by atoms with Gasteiger partial charge >= 0.3 is 5.97 Å². The van der Waals surface area contributed by atoms with Gasteiger partial charge in [-0.2, -0.15) is 0 Å². The van der Waals surface area contributed by atoms with E-state index < -0.39 is 17.4 Å². The molecule has 0 aromatic heterocycles. The van der Waals surface area contributed by atoms with Gasteiger partial charge in [0.15, 0.2) is 0 Å². The summed E-state index contributed by atoms with van der Waals surface area (Å²) in [6.07, 6.45) is 3.32. The molecule has 0 radical (unpaired) electrons. The number of carboxylic acid groups (broad SMARTS) is 1. The number of nitrogens with zero attached hydrogens (tertiary/aromatic N) is 1. The number of amides is 1. The molecule has 2 fully saturated rings. The molecule has 1 heterocycles. The largest absolute Gasteiger partial charge is 0.480 e. The zero-order chi connectivity index (χ0) is 14.2. The summed E-state index contributed by atoms with van der Waals surface area (Å²) in [4.78, 5) is 25.8. The molecule has 0 spiro atoms. The minimum atomic E-state index is -0.910. The van der Waals surface area contributed by atoms with Crippen molar-refractivity contribution in [1.29, 1.82) is 0 Å². The van der Waals surface area contributed by atoms with E-state index in [0.29, 0.717) is 5.75 Å². The third-order valence-electron chi connectivity index (χ3n) is 4.48. The van der Waals surface area contributed by atoms with Crippen LogP contribution in [0.2, 0.25) is 0 Å². The summed E-state index contributed by atoms with van der Waals surface area (Å²) in [7, 11) is 0. The Balaban J connectivity index is 2.26. The molecular formula is C13H22N2O3S. The maximum Gasteiger partial charge on any atom is 0.327 e. The van der Waals surface area contributed by atoms with Crippen molar-refractivity contribution in [3.8, 4) is 0 Å². The fourth-order valence-electron chi connectivity index (χ4n) is 3.09. The monoisotopic (exact) mass is 286 g/mol. The fraction of sp³-hybridized carbons (Fsp3) is 0.846. The van der Waals surface area contributed by atoms with Gasteiger partial charge in [0.25, 0.3) is 0 Å². The lowest BCUT2D eigenvalue weighted by Gasteiger charge is -2.36. The van der Waals surface area contributed by atoms with Gasteiger partial charge in [0.1, 0.15) is 6.04 Å². The summed E-state index contributed by atoms with van der Waals surface area (Å²) in [5.74, 6) is -0.501. The molecule has 4 unspecified atom stereocenters. The number of aliphatic carboxylic acids is 1. The molecule has 2 aliphatic rings. The average Bonchev–Trinajstić information content (AvgIpc) is 2.93. The van der Waals surface area contributed by atoms with Crippen molar-refractivity contribution >= 4 is 23.6 Å². The summed E-state index contributed by atoms with van der Waals surface area (Å²) < 4.78 is 0. The van der Waals surface area contributed by atoms with Crippen LogP contribution in [-0.4, -0.2) is 45.1 Å². The van der Waals surface area contributed by atoms with Crippen LogP contribution in [0.5, 0.6) is 0 Å². The second-order valence-electron chi connectivity index (χ2n) is 5.68. The van der Waals surface area contributed by atoms with Crippen molar-refractivity contribution in [1.82, 2.24) is 4.90 Å². The van der Waals surface area contributed by atoms with Crippen LogP contribution in [0.15, 0.2) is 0 Å². The van der Waals surface area contributed by atoms with Gasteiger partial charge < -0.3 is 15.7 Å². The van der Waals surface area contributed by atoms with E-state index in [0.717, 1.165) is 25.7 Å². The Labute approximate surface area is 117 Å². The highest BCUT2D eigenvalue weighted by Gasteiger charge is 2.51. The maximum absolute atomic E-state index is 12.8. The van der Waals surface area contributed by atoms with E-state index in [4.69, 9.17) is 5.73 Å². The van der Waals surface area contributed by atoms with Crippen molar-refractivity contribution < 1.29 is 14.7 Å². The SMILES string of the molecule is CCC1SCC(C(=O)O)N1C(=O)C1(C)CCCC1N. The Morgan fingerprint density at radius 1 is 1.53 bits per heavy atom. The average molecular weight is 286 g/mol. The van der Waals surface area contributed by atoms with Crippen molar-refractivity contribution in [3.63, 3.8) is 0 Å². The topological polar surface area (TPSA) is 83.6 Å². The van der Waals surface area contributed by atoms with Gasteiger partial charge in [-0.1, -0.05) is 13.3 Å². The second kappa shape index (κ2) is 5.32. The van der Waals surface area contributed by atoms with Crippen LogP contribution in [0.1, 0.15) is 39.5 Å². The van der Waals surface area contributed by atoms with Gasteiger partial charge in [0.2, 0.25) is 5.91 Å². The first kappa shape index (κ1) is 14.7. The minimum Gasteiger partial charge on any atom is -0.480 e. The molecule has 6 heteroatoms. The molecule has 2 rings (SSSR count). The van der Waals surface area contributed by atoms with Crippen molar-refractivity contribution in [2.45, 2.75) is 57.0 Å². The number of carbonyl (C=O) groups is 2. The van der Waals surface area contributed by atoms with Gasteiger partial charge in [-0.05, 0) is 26.2 Å². The highest BCUT2D eigenvalue weighted by atomic mass is 32.2. The summed E-state index contributed by atoms with van der Waals surface area (Å²) in [6, 6.07) is -0.857. The molecule has 19 heavy (non-hydrogen) atoms. The molecule has 5 nitrogen and oxygen atoms in total. The van der Waals surface area contributed by atoms with Crippen LogP contribution in [0, 0.1) is 5.41 Å². The first-order chi connectivity index (χ1) is 8.91. The summed E-state index contributed by atoms with van der Waals surface area (Å²) in [5, 5.41) is 9.27. The Morgan fingerprint density at radius 3 is 2.68 bits per heavy atom. The molecule has 1 aliphatic heterocycles. The van der Waals surface area contributed by atoms with Crippen LogP contribution in [0.4, 0.5) is 0 Å². The van der Waals surface area contributed by atoms with Gasteiger partial charge in [-0.3, -0.25) is 4.79 Å². The van der Waals surface area contributed by atoms with Gasteiger partial charge in [0, 0.05) is 11.8 Å². The highest BCUT2D eigenvalue weighted by molar-refractivity contribution is 8.00. The Kier molecular flexibility index (Phi) is 4.11. The number of carbonyl (C=O) groups excluding carboxylic acids is 1. The van der Waals surface area contributed by atoms with Crippen LogP contribution in [-0.2, 0) is 9.59 Å². The predicted molar refractivity (Wildman–Crippen MR) is 74.7 cm³/mol. The number of thioether (sulfide) groups is 1. The van der Waals surface area contributed by atoms with Crippen molar-refractivity contribution in [2.24, 2.45) is 11.1 Å². The molecule has 4 atom stereocenters. The molecule has 0 bridgehead atoms. The van der Waals surface area contributed by atoms with Crippen LogP contribution in [0.3, 0.4) is 0 Å². The number of hydrogen-bond acceptors (Lipinski definition) is 4. The first-order valence-corrected chi connectivity index (χ1v) is 7.89. The summed E-state index contributed by atoms with van der Waals surface area (Å²) in [6.45, 7) is 3.88. The third kappa shape index (κ3) is 2.36. The van der Waals surface area contributed by atoms with Gasteiger partial charge in [-0.25, -0.2) is 4.79 Å². The predicted octanol–water partition coefficient (Wildman–Crippen LogP) is 1.27. The maximum atomic E-state index is 12.8. The Hall–Kier alpha value is -0.750. The smallest absolute Gasteiger partial charge is 0.327 e. The number of hydrogen-bond donors (Lipinski definition) is 2. The number of carboxylic acids is 1. The molecule has 1 saturated carbocycles. The Bertz CT molecular complexity index is 390. The van der Waals surface area contributed by atoms with Gasteiger partial charge in [0.05, 0.1) is 10.8 Å². The molecule has 0 aromatic rings. The second-order valence-corrected chi connectivity index (χ2v) is 6.89. The zero-order valence-corrected chi connectivity index (χ0v) is 12.3. The van der Waals surface area contributed by atoms with Crippen molar-refractivity contribution in [2.75, 3.05) is 5.75 Å². The van der Waals surface area contributed by atoms with E-state index in [1.807, 2.05) is 13.8 Å². The molecule has 108 valence electrons. The van der Waals surface area contributed by atoms with Crippen molar-refractivity contribution in [3.05, 3.63) is 0 Å². The molecule has 0 aromatic carbocycles. The lowest BCUT2D eigenvalue weighted by molar-refractivity contribution is -0.154. The summed E-state index contributed by atoms with van der Waals surface area (Å²) >= 11 is 1.56. The highest BCUT2D eigenvalue weighted by Crippen LogP contribution is 2.42. The van der Waals surface area contributed by atoms with Crippen LogP contribution < -0.4 is 5.73 Å². The normalized spacial score (nSPS) is 38.7. The molecule has 1 aliphatic carbocycles. The first-order valence-electron chi connectivity index (χ1n) is 6.84. The van der Waals surface area contributed by atoms with Gasteiger partial charge in [-0.15, -0.1) is 11.8 Å². The van der Waals surface area contributed by atoms with E-state index >= 15 is 0 Å². The van der Waals surface area contributed by atoms with E-state index in [2.05, 4.69) is 0 Å². The standard InChI is InChI=1S/C13H22N2O3S/c1-3-10-15(8(7-19-10)11(16)17)12(18)13(2)6-4-5-9(13)14/h8-10H,3-7,14H2,1-2H3,(H,16,17). The van der Waals surface area contributed by atoms with E-state index in [-0.39, 0.29) is 17.3 Å². The van der Waals surface area contributed by atoms with E-state index in [9.17, 15) is 14.7 Å². The quantitative estimate of drug-likeness (QED) is 0.816. The lowest BCUT2D eigenvalue weighted by atomic mass is 9.83. The molecule has 1 saturated heterocycles. The third-order valence-corrected chi connectivity index (χ3v) is 5.93.